The number of hydrogen-bond acceptors (Lipinski definition) is 4. The van der Waals surface area contributed by atoms with Crippen molar-refractivity contribution in [3.63, 3.8) is 0 Å². The number of nitrogens with zero attached hydrogens (tertiary/aromatic N) is 4. The fraction of sp³-hybridized carbons (Fsp3) is 0.286. The molecule has 5 nitrogen and oxygen atoms in total. The highest BCUT2D eigenvalue weighted by molar-refractivity contribution is 6.03. The lowest BCUT2D eigenvalue weighted by atomic mass is 9.92. The molecule has 0 radical (unpaired) electrons. The van der Waals surface area contributed by atoms with Gasteiger partial charge in [-0.2, -0.15) is 10.4 Å². The first kappa shape index (κ1) is 13.0. The van der Waals surface area contributed by atoms with E-state index in [0.29, 0.717) is 17.5 Å². The van der Waals surface area contributed by atoms with Crippen LogP contribution in [0.4, 0.5) is 0 Å². The average molecular weight is 254 g/mol. The quantitative estimate of drug-likeness (QED) is 0.781. The topological polar surface area (TPSA) is 71.6 Å². The Hall–Kier alpha value is -2.48. The Morgan fingerprint density at radius 3 is 2.74 bits per heavy atom. The van der Waals surface area contributed by atoms with E-state index in [1.807, 2.05) is 6.92 Å². The van der Waals surface area contributed by atoms with Gasteiger partial charge in [-0.3, -0.25) is 14.5 Å². The highest BCUT2D eigenvalue weighted by atomic mass is 16.1. The Balaban J connectivity index is 2.40. The Morgan fingerprint density at radius 2 is 2.16 bits per heavy atom. The van der Waals surface area contributed by atoms with Crippen molar-refractivity contribution in [2.45, 2.75) is 19.3 Å². The fourth-order valence-electron chi connectivity index (χ4n) is 2.00. The minimum atomic E-state index is -0.808. The molecule has 2 rings (SSSR count). The summed E-state index contributed by atoms with van der Waals surface area (Å²) < 4.78 is 1.60. The standard InChI is InChI=1S/C14H14N4O/c1-3-13-12(9-18(2)17-13)14(19)11(8-15)10-4-6-16-7-5-10/h4-7,9,11H,3H2,1-2H3. The van der Waals surface area contributed by atoms with Gasteiger partial charge in [0.05, 0.1) is 17.3 Å². The van der Waals surface area contributed by atoms with Gasteiger partial charge in [0, 0.05) is 25.6 Å². The van der Waals surface area contributed by atoms with Crippen molar-refractivity contribution in [1.82, 2.24) is 14.8 Å². The fourth-order valence-corrected chi connectivity index (χ4v) is 2.00. The summed E-state index contributed by atoms with van der Waals surface area (Å²) in [4.78, 5) is 16.4. The van der Waals surface area contributed by atoms with Gasteiger partial charge in [-0.05, 0) is 24.1 Å². The van der Waals surface area contributed by atoms with Crippen molar-refractivity contribution in [1.29, 1.82) is 5.26 Å². The summed E-state index contributed by atoms with van der Waals surface area (Å²) in [6.07, 6.45) is 5.50. The molecule has 0 N–H and O–H groups in total. The van der Waals surface area contributed by atoms with E-state index in [1.54, 1.807) is 42.5 Å². The molecule has 0 aliphatic heterocycles. The molecule has 1 atom stereocenters. The van der Waals surface area contributed by atoms with Crippen LogP contribution in [0.1, 0.15) is 34.5 Å². The van der Waals surface area contributed by atoms with Crippen molar-refractivity contribution in [3.8, 4) is 6.07 Å². The summed E-state index contributed by atoms with van der Waals surface area (Å²) >= 11 is 0. The molecule has 0 aliphatic rings. The zero-order valence-electron chi connectivity index (χ0n) is 10.9. The van der Waals surface area contributed by atoms with Gasteiger partial charge in [0.15, 0.2) is 5.78 Å². The van der Waals surface area contributed by atoms with Crippen molar-refractivity contribution in [2.24, 2.45) is 7.05 Å². The van der Waals surface area contributed by atoms with Crippen molar-refractivity contribution in [3.05, 3.63) is 47.5 Å². The van der Waals surface area contributed by atoms with Gasteiger partial charge in [0.25, 0.3) is 0 Å². The Kier molecular flexibility index (Phi) is 3.71. The van der Waals surface area contributed by atoms with Crippen LogP contribution < -0.4 is 0 Å². The molecule has 0 saturated heterocycles. The van der Waals surface area contributed by atoms with Crippen LogP contribution in [0.2, 0.25) is 0 Å². The molecular formula is C14H14N4O. The zero-order valence-corrected chi connectivity index (χ0v) is 10.9. The smallest absolute Gasteiger partial charge is 0.187 e. The van der Waals surface area contributed by atoms with Crippen LogP contribution in [0.25, 0.3) is 0 Å². The maximum atomic E-state index is 12.5. The number of carbonyl (C=O) groups is 1. The third-order valence-corrected chi connectivity index (χ3v) is 2.94. The third kappa shape index (κ3) is 2.52. The van der Waals surface area contributed by atoms with Gasteiger partial charge in [-0.15, -0.1) is 0 Å². The van der Waals surface area contributed by atoms with E-state index in [2.05, 4.69) is 16.2 Å². The Bertz CT molecular complexity index is 625. The van der Waals surface area contributed by atoms with Crippen LogP contribution in [0.15, 0.2) is 30.7 Å². The van der Waals surface area contributed by atoms with Gasteiger partial charge in [-0.25, -0.2) is 0 Å². The summed E-state index contributed by atoms with van der Waals surface area (Å²) in [5.41, 5.74) is 1.91. The number of Topliss-reactive ketones (excluding diaryl/α,β-unsaturated/α-hetero) is 1. The molecule has 19 heavy (non-hydrogen) atoms. The van der Waals surface area contributed by atoms with Crippen molar-refractivity contribution in [2.75, 3.05) is 0 Å². The van der Waals surface area contributed by atoms with Gasteiger partial charge < -0.3 is 0 Å². The van der Waals surface area contributed by atoms with Gasteiger partial charge >= 0.3 is 0 Å². The molecule has 0 amide bonds. The SMILES string of the molecule is CCc1nn(C)cc1C(=O)C(C#N)c1ccncc1. The highest BCUT2D eigenvalue weighted by Crippen LogP contribution is 2.21. The molecule has 0 bridgehead atoms. The Morgan fingerprint density at radius 1 is 1.47 bits per heavy atom. The van der Waals surface area contributed by atoms with Gasteiger partial charge in [0.1, 0.15) is 5.92 Å². The number of aryl methyl sites for hydroxylation is 2. The minimum absolute atomic E-state index is 0.210. The molecule has 0 fully saturated rings. The minimum Gasteiger partial charge on any atom is -0.292 e. The molecule has 0 spiro atoms. The van der Waals surface area contributed by atoms with Gasteiger partial charge in [-0.1, -0.05) is 6.92 Å². The second-order valence-electron chi connectivity index (χ2n) is 4.22. The summed E-state index contributed by atoms with van der Waals surface area (Å²) in [6.45, 7) is 1.94. The molecule has 96 valence electrons. The molecule has 0 aliphatic carbocycles. The second kappa shape index (κ2) is 5.44. The maximum absolute atomic E-state index is 12.5. The number of nitriles is 1. The van der Waals surface area contributed by atoms with Crippen LogP contribution in [-0.2, 0) is 13.5 Å². The summed E-state index contributed by atoms with van der Waals surface area (Å²) in [5, 5.41) is 13.5. The zero-order chi connectivity index (χ0) is 13.8. The summed E-state index contributed by atoms with van der Waals surface area (Å²) in [7, 11) is 1.77. The molecule has 0 saturated carbocycles. The van der Waals surface area contributed by atoms with E-state index in [1.165, 1.54) is 0 Å². The summed E-state index contributed by atoms with van der Waals surface area (Å²) in [5.74, 6) is -1.02. The monoisotopic (exact) mass is 254 g/mol. The number of rotatable bonds is 4. The molecule has 2 heterocycles. The first-order valence-electron chi connectivity index (χ1n) is 6.03. The molecular weight excluding hydrogens is 240 g/mol. The lowest BCUT2D eigenvalue weighted by molar-refractivity contribution is 0.0978. The van der Waals surface area contributed by atoms with Crippen LogP contribution in [-0.4, -0.2) is 20.5 Å². The second-order valence-corrected chi connectivity index (χ2v) is 4.22. The molecule has 0 aromatic carbocycles. The summed E-state index contributed by atoms with van der Waals surface area (Å²) in [6, 6.07) is 5.44. The number of carbonyl (C=O) groups excluding carboxylic acids is 1. The molecule has 5 heteroatoms. The average Bonchev–Trinajstić information content (AvgIpc) is 2.82. The first-order chi connectivity index (χ1) is 9.17. The van der Waals surface area contributed by atoms with Crippen molar-refractivity contribution < 1.29 is 4.79 Å². The van der Waals surface area contributed by atoms with Crippen LogP contribution >= 0.6 is 0 Å². The number of aromatic nitrogens is 3. The van der Waals surface area contributed by atoms with E-state index in [-0.39, 0.29) is 5.78 Å². The van der Waals surface area contributed by atoms with E-state index in [9.17, 15) is 10.1 Å². The molecule has 1 unspecified atom stereocenters. The van der Waals surface area contributed by atoms with E-state index in [0.717, 1.165) is 5.69 Å². The number of ketones is 1. The molecule has 2 aromatic rings. The lowest BCUT2D eigenvalue weighted by Gasteiger charge is -2.07. The predicted octanol–water partition coefficient (Wildman–Crippen LogP) is 1.87. The number of hydrogen-bond donors (Lipinski definition) is 0. The molecule has 2 aromatic heterocycles. The lowest BCUT2D eigenvalue weighted by Crippen LogP contribution is -2.12. The maximum Gasteiger partial charge on any atom is 0.187 e. The third-order valence-electron chi connectivity index (χ3n) is 2.94. The van der Waals surface area contributed by atoms with Crippen LogP contribution in [0.3, 0.4) is 0 Å². The van der Waals surface area contributed by atoms with Crippen LogP contribution in [0.5, 0.6) is 0 Å². The van der Waals surface area contributed by atoms with Crippen LogP contribution in [0, 0.1) is 11.3 Å². The number of pyridine rings is 1. The van der Waals surface area contributed by atoms with E-state index in [4.69, 9.17) is 0 Å². The van der Waals surface area contributed by atoms with Crippen molar-refractivity contribution >= 4 is 5.78 Å². The van der Waals surface area contributed by atoms with Gasteiger partial charge in [0.2, 0.25) is 0 Å². The first-order valence-corrected chi connectivity index (χ1v) is 6.03. The highest BCUT2D eigenvalue weighted by Gasteiger charge is 2.25. The largest absolute Gasteiger partial charge is 0.292 e. The van der Waals surface area contributed by atoms with E-state index >= 15 is 0 Å². The normalized spacial score (nSPS) is 11.8. The Labute approximate surface area is 111 Å². The van der Waals surface area contributed by atoms with E-state index < -0.39 is 5.92 Å². The predicted molar refractivity (Wildman–Crippen MR) is 69.5 cm³/mol.